The second-order valence-electron chi connectivity index (χ2n) is 8.01. The highest BCUT2D eigenvalue weighted by Gasteiger charge is 2.37. The number of carbonyl (C=O) groups is 2. The Hall–Kier alpha value is -2.48. The summed E-state index contributed by atoms with van der Waals surface area (Å²) in [7, 11) is 0. The summed E-state index contributed by atoms with van der Waals surface area (Å²) in [6, 6.07) is 15.0. The number of halogens is 2. The summed E-state index contributed by atoms with van der Waals surface area (Å²) in [6.45, 7) is 2.70. The number of hydrogen-bond donors (Lipinski definition) is 1. The highest BCUT2D eigenvalue weighted by Crippen LogP contribution is 2.34. The van der Waals surface area contributed by atoms with E-state index in [1.54, 1.807) is 9.80 Å². The van der Waals surface area contributed by atoms with E-state index in [9.17, 15) is 14.7 Å². The van der Waals surface area contributed by atoms with E-state index >= 15 is 0 Å². The van der Waals surface area contributed by atoms with Gasteiger partial charge in [0.05, 0.1) is 19.2 Å². The van der Waals surface area contributed by atoms with Gasteiger partial charge in [-0.15, -0.1) is 0 Å². The minimum absolute atomic E-state index is 0.0714. The number of nitrogens with zero attached hydrogens (tertiary/aromatic N) is 3. The van der Waals surface area contributed by atoms with Gasteiger partial charge in [-0.3, -0.25) is 0 Å². The van der Waals surface area contributed by atoms with Crippen LogP contribution in [-0.2, 0) is 4.74 Å². The Kier molecular flexibility index (Phi) is 7.08. The lowest BCUT2D eigenvalue weighted by atomic mass is 10.0. The molecule has 1 N–H and O–H groups in total. The molecule has 2 aromatic rings. The predicted octanol–water partition coefficient (Wildman–Crippen LogP) is 4.59. The minimum atomic E-state index is -0.940. The monoisotopic (exact) mass is 477 g/mol. The molecule has 0 spiro atoms. The molecule has 2 aliphatic rings. The number of carboxylic acid groups (broad SMARTS) is 1. The smallest absolute Gasteiger partial charge is 0.407 e. The van der Waals surface area contributed by atoms with Crippen LogP contribution in [0.5, 0.6) is 0 Å². The predicted molar refractivity (Wildman–Crippen MR) is 122 cm³/mol. The number of rotatable bonds is 4. The molecule has 3 amide bonds. The molecule has 0 saturated carbocycles. The van der Waals surface area contributed by atoms with Gasteiger partial charge in [-0.05, 0) is 30.2 Å². The van der Waals surface area contributed by atoms with Crippen LogP contribution in [0.4, 0.5) is 9.59 Å². The maximum atomic E-state index is 12.9. The Morgan fingerprint density at radius 3 is 2.25 bits per heavy atom. The molecule has 2 fully saturated rings. The van der Waals surface area contributed by atoms with Crippen LogP contribution in [0.25, 0.3) is 0 Å². The molecule has 1 atom stereocenters. The van der Waals surface area contributed by atoms with Crippen molar-refractivity contribution in [3.63, 3.8) is 0 Å². The fourth-order valence-electron chi connectivity index (χ4n) is 4.03. The first kappa shape index (κ1) is 22.7. The van der Waals surface area contributed by atoms with E-state index in [4.69, 9.17) is 27.9 Å². The van der Waals surface area contributed by atoms with Gasteiger partial charge in [-0.2, -0.15) is 0 Å². The fourth-order valence-corrected chi connectivity index (χ4v) is 4.39. The normalized spacial score (nSPS) is 18.1. The zero-order valence-electron chi connectivity index (χ0n) is 17.5. The second-order valence-corrected chi connectivity index (χ2v) is 8.85. The van der Waals surface area contributed by atoms with Gasteiger partial charge >= 0.3 is 12.1 Å². The molecule has 2 heterocycles. The molecule has 170 valence electrons. The van der Waals surface area contributed by atoms with E-state index in [-0.39, 0.29) is 18.2 Å². The lowest BCUT2D eigenvalue weighted by Crippen LogP contribution is -2.59. The molecule has 7 nitrogen and oxygen atoms in total. The van der Waals surface area contributed by atoms with Gasteiger partial charge in [-0.1, -0.05) is 53.5 Å². The number of hydrogen-bond acceptors (Lipinski definition) is 3. The van der Waals surface area contributed by atoms with E-state index in [0.717, 1.165) is 11.1 Å². The molecule has 1 unspecified atom stereocenters. The maximum Gasteiger partial charge on any atom is 0.407 e. The summed E-state index contributed by atoms with van der Waals surface area (Å²) in [5.74, 6) is 0. The fraction of sp³-hybridized carbons (Fsp3) is 0.391. The number of urea groups is 1. The zero-order chi connectivity index (χ0) is 22.7. The quantitative estimate of drug-likeness (QED) is 0.698. The topological polar surface area (TPSA) is 73.3 Å². The summed E-state index contributed by atoms with van der Waals surface area (Å²) >= 11 is 12.5. The largest absolute Gasteiger partial charge is 0.465 e. The third-order valence-corrected chi connectivity index (χ3v) is 6.44. The van der Waals surface area contributed by atoms with Crippen molar-refractivity contribution in [1.82, 2.24) is 14.7 Å². The Morgan fingerprint density at radius 1 is 0.906 bits per heavy atom. The van der Waals surface area contributed by atoms with Crippen LogP contribution in [0.15, 0.2) is 48.5 Å². The summed E-state index contributed by atoms with van der Waals surface area (Å²) in [4.78, 5) is 28.9. The van der Waals surface area contributed by atoms with Crippen molar-refractivity contribution in [2.24, 2.45) is 0 Å². The van der Waals surface area contributed by atoms with Gasteiger partial charge in [0.2, 0.25) is 0 Å². The highest BCUT2D eigenvalue weighted by atomic mass is 35.5. The van der Waals surface area contributed by atoms with E-state index < -0.39 is 6.09 Å². The van der Waals surface area contributed by atoms with Crippen molar-refractivity contribution in [2.45, 2.75) is 18.6 Å². The van der Waals surface area contributed by atoms with Crippen LogP contribution in [-0.4, -0.2) is 77.3 Å². The van der Waals surface area contributed by atoms with Crippen LogP contribution in [0, 0.1) is 0 Å². The number of likely N-dealkylation sites (tertiary alicyclic amines) is 1. The minimum Gasteiger partial charge on any atom is -0.465 e. The molecule has 2 aromatic carbocycles. The number of ether oxygens (including phenoxy) is 1. The second kappa shape index (κ2) is 9.98. The molecule has 0 bridgehead atoms. The Morgan fingerprint density at radius 2 is 1.56 bits per heavy atom. The molecule has 32 heavy (non-hydrogen) atoms. The van der Waals surface area contributed by atoms with E-state index in [1.165, 1.54) is 4.90 Å². The number of amides is 3. The molecule has 0 radical (unpaired) electrons. The lowest BCUT2D eigenvalue weighted by molar-refractivity contribution is -0.0685. The number of benzene rings is 2. The molecular weight excluding hydrogens is 453 g/mol. The van der Waals surface area contributed by atoms with Gasteiger partial charge in [0, 0.05) is 41.8 Å². The number of carbonyl (C=O) groups excluding carboxylic acids is 1. The van der Waals surface area contributed by atoms with E-state index in [2.05, 4.69) is 0 Å². The van der Waals surface area contributed by atoms with Gasteiger partial charge in [0.15, 0.2) is 0 Å². The Balaban J connectivity index is 1.39. The molecule has 2 aliphatic heterocycles. The average molecular weight is 478 g/mol. The van der Waals surface area contributed by atoms with Crippen molar-refractivity contribution >= 4 is 35.3 Å². The maximum absolute atomic E-state index is 12.9. The van der Waals surface area contributed by atoms with Crippen LogP contribution in [0.2, 0.25) is 10.0 Å². The first-order valence-electron chi connectivity index (χ1n) is 10.6. The SMILES string of the molecule is O=C(O)N1CCCN(C(=O)N2CC(OC(c3ccc(Cl)cc3)c3ccccc3Cl)C2)CC1. The van der Waals surface area contributed by atoms with E-state index in [1.807, 2.05) is 48.5 Å². The summed E-state index contributed by atoms with van der Waals surface area (Å²) in [6.07, 6.45) is -0.801. The molecule has 0 aromatic heterocycles. The average Bonchev–Trinajstić information content (AvgIpc) is 3.01. The highest BCUT2D eigenvalue weighted by molar-refractivity contribution is 6.31. The van der Waals surface area contributed by atoms with Crippen molar-refractivity contribution in [1.29, 1.82) is 0 Å². The summed E-state index contributed by atoms with van der Waals surface area (Å²) in [5, 5.41) is 10.4. The van der Waals surface area contributed by atoms with Gasteiger partial charge in [0.1, 0.15) is 6.10 Å². The van der Waals surface area contributed by atoms with Gasteiger partial charge in [-0.25, -0.2) is 9.59 Å². The third kappa shape index (κ3) is 5.11. The molecule has 0 aliphatic carbocycles. The van der Waals surface area contributed by atoms with Crippen LogP contribution >= 0.6 is 23.2 Å². The Bertz CT molecular complexity index is 966. The first-order valence-corrected chi connectivity index (χ1v) is 11.3. The van der Waals surface area contributed by atoms with Crippen LogP contribution in [0.1, 0.15) is 23.7 Å². The van der Waals surface area contributed by atoms with Crippen molar-refractivity contribution in [3.8, 4) is 0 Å². The third-order valence-electron chi connectivity index (χ3n) is 5.84. The van der Waals surface area contributed by atoms with Crippen molar-refractivity contribution in [2.75, 3.05) is 39.3 Å². The lowest BCUT2D eigenvalue weighted by Gasteiger charge is -2.43. The first-order chi connectivity index (χ1) is 15.4. The molecule has 4 rings (SSSR count). The standard InChI is InChI=1S/C23H25Cl2N3O4/c24-17-8-6-16(7-9-17)21(19-4-1-2-5-20(19)25)32-18-14-28(15-18)22(29)26-10-3-11-27(13-12-26)23(30)31/h1-2,4-9,18,21H,3,10-15H2,(H,30,31). The van der Waals surface area contributed by atoms with Gasteiger partial charge in [0.25, 0.3) is 0 Å². The zero-order valence-corrected chi connectivity index (χ0v) is 19.0. The molecule has 2 saturated heterocycles. The molecule has 9 heteroatoms. The van der Waals surface area contributed by atoms with Crippen LogP contribution < -0.4 is 0 Å². The van der Waals surface area contributed by atoms with Crippen LogP contribution in [0.3, 0.4) is 0 Å². The van der Waals surface area contributed by atoms with E-state index in [0.29, 0.717) is 55.7 Å². The molecular formula is C23H25Cl2N3O4. The summed E-state index contributed by atoms with van der Waals surface area (Å²) < 4.78 is 6.39. The van der Waals surface area contributed by atoms with Gasteiger partial charge < -0.3 is 24.5 Å². The Labute approximate surface area is 197 Å². The van der Waals surface area contributed by atoms with Crippen molar-refractivity contribution in [3.05, 3.63) is 69.7 Å². The van der Waals surface area contributed by atoms with Crippen molar-refractivity contribution < 1.29 is 19.4 Å². The summed E-state index contributed by atoms with van der Waals surface area (Å²) in [5.41, 5.74) is 1.80.